The Bertz CT molecular complexity index is 584. The molecule has 0 amide bonds. The molecular weight excluding hydrogens is 288 g/mol. The number of benzene rings is 2. The molecule has 0 saturated heterocycles. The summed E-state index contributed by atoms with van der Waals surface area (Å²) in [7, 11) is 0. The number of nitrogens with one attached hydrogen (secondary N) is 1. The first-order valence-electron chi connectivity index (χ1n) is 6.98. The molecule has 4 heteroatoms. The minimum atomic E-state index is -0.796. The second-order valence-electron chi connectivity index (χ2n) is 4.88. The zero-order valence-electron chi connectivity index (χ0n) is 12.2. The summed E-state index contributed by atoms with van der Waals surface area (Å²) in [6.07, 6.45) is 0. The molecule has 0 aromatic heterocycles. The highest BCUT2D eigenvalue weighted by molar-refractivity contribution is 7.99. The van der Waals surface area contributed by atoms with Crippen LogP contribution in [-0.4, -0.2) is 12.3 Å². The van der Waals surface area contributed by atoms with E-state index in [-0.39, 0.29) is 6.04 Å². The van der Waals surface area contributed by atoms with Crippen LogP contribution in [0.1, 0.15) is 24.1 Å². The van der Waals surface area contributed by atoms with E-state index >= 15 is 0 Å². The fraction of sp³-hybridized carbons (Fsp3) is 0.294. The van der Waals surface area contributed by atoms with Crippen molar-refractivity contribution in [2.45, 2.75) is 24.8 Å². The smallest absolute Gasteiger partial charge is 0.163 e. The summed E-state index contributed by atoms with van der Waals surface area (Å²) < 4.78 is 27.3. The van der Waals surface area contributed by atoms with Gasteiger partial charge in [0, 0.05) is 22.3 Å². The third-order valence-corrected chi connectivity index (χ3v) is 4.35. The van der Waals surface area contributed by atoms with Gasteiger partial charge >= 0.3 is 0 Å². The highest BCUT2D eigenvalue weighted by Gasteiger charge is 2.17. The SMILES string of the molecule is CCNC(CSc1ccc(C)cc1)c1cccc(F)c1F. The van der Waals surface area contributed by atoms with Crippen molar-refractivity contribution in [1.82, 2.24) is 5.32 Å². The maximum atomic E-state index is 13.9. The van der Waals surface area contributed by atoms with E-state index in [1.807, 2.05) is 38.1 Å². The van der Waals surface area contributed by atoms with Crippen molar-refractivity contribution in [3.63, 3.8) is 0 Å². The lowest BCUT2D eigenvalue weighted by atomic mass is 10.1. The summed E-state index contributed by atoms with van der Waals surface area (Å²) >= 11 is 1.63. The van der Waals surface area contributed by atoms with Gasteiger partial charge in [-0.05, 0) is 31.7 Å². The van der Waals surface area contributed by atoms with Gasteiger partial charge in [-0.1, -0.05) is 36.8 Å². The van der Waals surface area contributed by atoms with E-state index in [1.165, 1.54) is 5.56 Å². The molecule has 112 valence electrons. The highest BCUT2D eigenvalue weighted by Crippen LogP contribution is 2.27. The predicted molar refractivity (Wildman–Crippen MR) is 84.7 cm³/mol. The molecule has 0 spiro atoms. The van der Waals surface area contributed by atoms with Gasteiger partial charge in [0.15, 0.2) is 11.6 Å². The summed E-state index contributed by atoms with van der Waals surface area (Å²) in [5.74, 6) is -0.902. The van der Waals surface area contributed by atoms with Crippen LogP contribution >= 0.6 is 11.8 Å². The molecule has 0 aliphatic heterocycles. The Balaban J connectivity index is 2.12. The topological polar surface area (TPSA) is 12.0 Å². The quantitative estimate of drug-likeness (QED) is 0.775. The predicted octanol–water partition coefficient (Wildman–Crippen LogP) is 4.72. The van der Waals surface area contributed by atoms with Crippen molar-refractivity contribution in [2.24, 2.45) is 0 Å². The Morgan fingerprint density at radius 3 is 2.48 bits per heavy atom. The van der Waals surface area contributed by atoms with Gasteiger partial charge in [-0.15, -0.1) is 11.8 Å². The molecule has 0 heterocycles. The Hall–Kier alpha value is -1.39. The summed E-state index contributed by atoms with van der Waals surface area (Å²) in [5, 5.41) is 3.22. The molecule has 1 unspecified atom stereocenters. The van der Waals surface area contributed by atoms with E-state index in [0.717, 1.165) is 11.0 Å². The average Bonchev–Trinajstić information content (AvgIpc) is 2.48. The summed E-state index contributed by atoms with van der Waals surface area (Å²) in [4.78, 5) is 1.13. The Morgan fingerprint density at radius 2 is 1.81 bits per heavy atom. The van der Waals surface area contributed by atoms with Crippen LogP contribution in [0.15, 0.2) is 47.4 Å². The molecule has 0 saturated carbocycles. The molecule has 2 aromatic rings. The highest BCUT2D eigenvalue weighted by atomic mass is 32.2. The number of halogens is 2. The molecule has 2 rings (SSSR count). The average molecular weight is 307 g/mol. The minimum absolute atomic E-state index is 0.211. The molecule has 1 nitrogen and oxygen atoms in total. The standard InChI is InChI=1S/C17H19F2NS/c1-3-20-16(14-5-4-6-15(18)17(14)19)11-21-13-9-7-12(2)8-10-13/h4-10,16,20H,3,11H2,1-2H3. The van der Waals surface area contributed by atoms with Crippen molar-refractivity contribution in [3.8, 4) is 0 Å². The molecule has 0 aliphatic carbocycles. The molecule has 1 atom stereocenters. The van der Waals surface area contributed by atoms with E-state index in [0.29, 0.717) is 17.9 Å². The molecule has 1 N–H and O–H groups in total. The van der Waals surface area contributed by atoms with Crippen molar-refractivity contribution >= 4 is 11.8 Å². The van der Waals surface area contributed by atoms with Crippen LogP contribution in [0.2, 0.25) is 0 Å². The van der Waals surface area contributed by atoms with Crippen LogP contribution in [0.4, 0.5) is 8.78 Å². The van der Waals surface area contributed by atoms with Crippen LogP contribution in [0.3, 0.4) is 0 Å². The molecule has 0 aliphatic rings. The van der Waals surface area contributed by atoms with Crippen molar-refractivity contribution in [1.29, 1.82) is 0 Å². The van der Waals surface area contributed by atoms with E-state index < -0.39 is 11.6 Å². The number of hydrogen-bond acceptors (Lipinski definition) is 2. The maximum Gasteiger partial charge on any atom is 0.163 e. The summed E-state index contributed by atoms with van der Waals surface area (Å²) in [5.41, 5.74) is 1.59. The van der Waals surface area contributed by atoms with Gasteiger partial charge in [0.25, 0.3) is 0 Å². The van der Waals surface area contributed by atoms with E-state index in [9.17, 15) is 8.78 Å². The van der Waals surface area contributed by atoms with E-state index in [2.05, 4.69) is 5.32 Å². The number of rotatable bonds is 6. The summed E-state index contributed by atoms with van der Waals surface area (Å²) in [6, 6.07) is 12.3. The van der Waals surface area contributed by atoms with Crippen LogP contribution in [0.5, 0.6) is 0 Å². The van der Waals surface area contributed by atoms with Crippen LogP contribution in [0.25, 0.3) is 0 Å². The zero-order chi connectivity index (χ0) is 15.2. The Morgan fingerprint density at radius 1 is 1.10 bits per heavy atom. The lowest BCUT2D eigenvalue weighted by molar-refractivity contribution is 0.478. The van der Waals surface area contributed by atoms with Gasteiger partial charge in [0.05, 0.1) is 0 Å². The van der Waals surface area contributed by atoms with Gasteiger partial charge in [-0.3, -0.25) is 0 Å². The lowest BCUT2D eigenvalue weighted by Gasteiger charge is -2.19. The summed E-state index contributed by atoms with van der Waals surface area (Å²) in [6.45, 7) is 4.70. The van der Waals surface area contributed by atoms with Crippen molar-refractivity contribution < 1.29 is 8.78 Å². The first-order valence-corrected chi connectivity index (χ1v) is 7.97. The van der Waals surface area contributed by atoms with Crippen LogP contribution in [-0.2, 0) is 0 Å². The van der Waals surface area contributed by atoms with Crippen LogP contribution in [0, 0.1) is 18.6 Å². The lowest BCUT2D eigenvalue weighted by Crippen LogP contribution is -2.24. The van der Waals surface area contributed by atoms with Crippen LogP contribution < -0.4 is 5.32 Å². The third-order valence-electron chi connectivity index (χ3n) is 3.25. The molecule has 0 bridgehead atoms. The van der Waals surface area contributed by atoms with Gasteiger partial charge in [-0.25, -0.2) is 8.78 Å². The number of thioether (sulfide) groups is 1. The largest absolute Gasteiger partial charge is 0.309 e. The Labute approximate surface area is 128 Å². The van der Waals surface area contributed by atoms with Gasteiger partial charge in [-0.2, -0.15) is 0 Å². The zero-order valence-corrected chi connectivity index (χ0v) is 13.0. The molecule has 0 radical (unpaired) electrons. The fourth-order valence-electron chi connectivity index (χ4n) is 2.11. The second-order valence-corrected chi connectivity index (χ2v) is 5.97. The first kappa shape index (κ1) is 16.0. The minimum Gasteiger partial charge on any atom is -0.309 e. The molecular formula is C17H19F2NS. The van der Waals surface area contributed by atoms with E-state index in [4.69, 9.17) is 0 Å². The molecule has 2 aromatic carbocycles. The monoisotopic (exact) mass is 307 g/mol. The number of aryl methyl sites for hydroxylation is 1. The fourth-order valence-corrected chi connectivity index (χ4v) is 3.09. The van der Waals surface area contributed by atoms with E-state index in [1.54, 1.807) is 23.9 Å². The first-order chi connectivity index (χ1) is 10.1. The molecule has 0 fully saturated rings. The van der Waals surface area contributed by atoms with Gasteiger partial charge < -0.3 is 5.32 Å². The van der Waals surface area contributed by atoms with Gasteiger partial charge in [0.2, 0.25) is 0 Å². The van der Waals surface area contributed by atoms with Gasteiger partial charge in [0.1, 0.15) is 0 Å². The Kier molecular flexibility index (Phi) is 5.76. The second kappa shape index (κ2) is 7.57. The van der Waals surface area contributed by atoms with Crippen molar-refractivity contribution in [2.75, 3.05) is 12.3 Å². The normalized spacial score (nSPS) is 12.4. The molecule has 21 heavy (non-hydrogen) atoms. The third kappa shape index (κ3) is 4.29. The van der Waals surface area contributed by atoms with Crippen molar-refractivity contribution in [3.05, 3.63) is 65.2 Å². The maximum absolute atomic E-state index is 13.9. The number of hydrogen-bond donors (Lipinski definition) is 1.